The lowest BCUT2D eigenvalue weighted by Gasteiger charge is -2.05. The quantitative estimate of drug-likeness (QED) is 0.713. The zero-order chi connectivity index (χ0) is 13.4. The first-order chi connectivity index (χ1) is 9.17. The molecule has 0 atom stereocenters. The van der Waals surface area contributed by atoms with Crippen LogP contribution >= 0.6 is 11.6 Å². The standard InChI is InChI=1S/C14H8ClN3O/c15-11-3-1-8(7-16)5-10(11)9-2-4-12-13(6-9)18-14(19)17-12/h1-6H,(H2,17,18,19). The minimum Gasteiger partial charge on any atom is -0.306 e. The minimum absolute atomic E-state index is 0.246. The Balaban J connectivity index is 2.23. The Kier molecular flexibility index (Phi) is 2.62. The van der Waals surface area contributed by atoms with Gasteiger partial charge in [-0.05, 0) is 35.9 Å². The summed E-state index contributed by atoms with van der Waals surface area (Å²) in [6.45, 7) is 0. The summed E-state index contributed by atoms with van der Waals surface area (Å²) < 4.78 is 0. The summed E-state index contributed by atoms with van der Waals surface area (Å²) in [4.78, 5) is 16.6. The van der Waals surface area contributed by atoms with Crippen molar-refractivity contribution < 1.29 is 0 Å². The summed E-state index contributed by atoms with van der Waals surface area (Å²) in [5.74, 6) is 0. The van der Waals surface area contributed by atoms with E-state index in [4.69, 9.17) is 16.9 Å². The molecule has 0 aliphatic heterocycles. The van der Waals surface area contributed by atoms with Crippen LogP contribution in [0.25, 0.3) is 22.2 Å². The molecule has 0 bridgehead atoms. The van der Waals surface area contributed by atoms with Crippen molar-refractivity contribution in [3.05, 3.63) is 57.5 Å². The van der Waals surface area contributed by atoms with Gasteiger partial charge >= 0.3 is 5.69 Å². The van der Waals surface area contributed by atoms with Crippen molar-refractivity contribution in [3.63, 3.8) is 0 Å². The highest BCUT2D eigenvalue weighted by Crippen LogP contribution is 2.30. The van der Waals surface area contributed by atoms with Crippen molar-refractivity contribution in [2.75, 3.05) is 0 Å². The smallest absolute Gasteiger partial charge is 0.306 e. The second kappa shape index (κ2) is 4.30. The van der Waals surface area contributed by atoms with E-state index in [-0.39, 0.29) is 5.69 Å². The third-order valence-corrected chi connectivity index (χ3v) is 3.25. The number of nitrogens with one attached hydrogen (secondary N) is 2. The molecule has 3 rings (SSSR count). The highest BCUT2D eigenvalue weighted by atomic mass is 35.5. The summed E-state index contributed by atoms with van der Waals surface area (Å²) in [5.41, 5.74) is 3.36. The third kappa shape index (κ3) is 2.01. The summed E-state index contributed by atoms with van der Waals surface area (Å²) in [6, 6.07) is 12.7. The molecule has 0 spiro atoms. The van der Waals surface area contributed by atoms with Gasteiger partial charge in [-0.2, -0.15) is 5.26 Å². The van der Waals surface area contributed by atoms with E-state index in [0.29, 0.717) is 16.1 Å². The van der Waals surface area contributed by atoms with Gasteiger partial charge < -0.3 is 9.97 Å². The van der Waals surface area contributed by atoms with Gasteiger partial charge in [-0.3, -0.25) is 0 Å². The van der Waals surface area contributed by atoms with Gasteiger partial charge in [0, 0.05) is 10.6 Å². The van der Waals surface area contributed by atoms with Gasteiger partial charge in [0.25, 0.3) is 0 Å². The van der Waals surface area contributed by atoms with E-state index in [0.717, 1.165) is 16.6 Å². The number of hydrogen-bond acceptors (Lipinski definition) is 2. The van der Waals surface area contributed by atoms with Crippen molar-refractivity contribution in [2.24, 2.45) is 0 Å². The van der Waals surface area contributed by atoms with Crippen LogP contribution in [0.5, 0.6) is 0 Å². The lowest BCUT2D eigenvalue weighted by Crippen LogP contribution is -1.99. The first-order valence-corrected chi connectivity index (χ1v) is 5.97. The number of imidazole rings is 1. The Morgan fingerprint density at radius 1 is 1.05 bits per heavy atom. The molecule has 0 amide bonds. The number of nitriles is 1. The first-order valence-electron chi connectivity index (χ1n) is 5.59. The van der Waals surface area contributed by atoms with Crippen molar-refractivity contribution in [2.45, 2.75) is 0 Å². The zero-order valence-electron chi connectivity index (χ0n) is 9.70. The highest BCUT2D eigenvalue weighted by Gasteiger charge is 2.07. The van der Waals surface area contributed by atoms with Crippen LogP contribution in [0.4, 0.5) is 0 Å². The summed E-state index contributed by atoms with van der Waals surface area (Å²) >= 11 is 6.15. The molecule has 2 aromatic carbocycles. The molecule has 0 saturated heterocycles. The van der Waals surface area contributed by atoms with Gasteiger partial charge in [-0.25, -0.2) is 4.79 Å². The number of H-pyrrole nitrogens is 2. The fourth-order valence-corrected chi connectivity index (χ4v) is 2.24. The SMILES string of the molecule is N#Cc1ccc(Cl)c(-c2ccc3[nH]c(=O)[nH]c3c2)c1. The Hall–Kier alpha value is -2.51. The predicted molar refractivity (Wildman–Crippen MR) is 74.1 cm³/mol. The number of hydrogen-bond donors (Lipinski definition) is 2. The van der Waals surface area contributed by atoms with Gasteiger partial charge in [0.15, 0.2) is 0 Å². The van der Waals surface area contributed by atoms with Crippen LogP contribution in [0, 0.1) is 11.3 Å². The van der Waals surface area contributed by atoms with Gasteiger partial charge in [0.2, 0.25) is 0 Å². The van der Waals surface area contributed by atoms with Crippen LogP contribution in [-0.4, -0.2) is 9.97 Å². The van der Waals surface area contributed by atoms with Crippen molar-refractivity contribution >= 4 is 22.6 Å². The normalized spacial score (nSPS) is 10.5. The Morgan fingerprint density at radius 3 is 2.63 bits per heavy atom. The van der Waals surface area contributed by atoms with Crippen LogP contribution in [-0.2, 0) is 0 Å². The average molecular weight is 270 g/mol. The molecule has 0 saturated carbocycles. The van der Waals surface area contributed by atoms with E-state index in [1.54, 1.807) is 24.3 Å². The fraction of sp³-hybridized carbons (Fsp3) is 0. The molecule has 2 N–H and O–H groups in total. The average Bonchev–Trinajstić information content (AvgIpc) is 2.78. The van der Waals surface area contributed by atoms with E-state index in [9.17, 15) is 4.79 Å². The van der Waals surface area contributed by atoms with E-state index >= 15 is 0 Å². The number of nitrogens with zero attached hydrogens (tertiary/aromatic N) is 1. The van der Waals surface area contributed by atoms with E-state index in [2.05, 4.69) is 16.0 Å². The second-order valence-electron chi connectivity index (χ2n) is 4.15. The number of aromatic amines is 2. The number of fused-ring (bicyclic) bond motifs is 1. The maximum Gasteiger partial charge on any atom is 0.323 e. The Bertz CT molecular complexity index is 870. The number of halogens is 1. The van der Waals surface area contributed by atoms with Crippen LogP contribution in [0.3, 0.4) is 0 Å². The maximum absolute atomic E-state index is 11.2. The highest BCUT2D eigenvalue weighted by molar-refractivity contribution is 6.33. The van der Waals surface area contributed by atoms with Gasteiger partial charge in [0.1, 0.15) is 0 Å². The molecule has 92 valence electrons. The predicted octanol–water partition coefficient (Wildman–Crippen LogP) is 3.05. The number of benzene rings is 2. The summed E-state index contributed by atoms with van der Waals surface area (Å²) in [7, 11) is 0. The molecular weight excluding hydrogens is 262 g/mol. The second-order valence-corrected chi connectivity index (χ2v) is 4.55. The van der Waals surface area contributed by atoms with E-state index in [1.807, 2.05) is 12.1 Å². The van der Waals surface area contributed by atoms with Gasteiger partial charge in [0.05, 0.1) is 22.7 Å². The van der Waals surface area contributed by atoms with E-state index < -0.39 is 0 Å². The lowest BCUT2D eigenvalue weighted by molar-refractivity contribution is 1.22. The molecular formula is C14H8ClN3O. The summed E-state index contributed by atoms with van der Waals surface area (Å²) in [6.07, 6.45) is 0. The van der Waals surface area contributed by atoms with Crippen molar-refractivity contribution in [3.8, 4) is 17.2 Å². The molecule has 0 aliphatic rings. The number of rotatable bonds is 1. The van der Waals surface area contributed by atoms with Crippen molar-refractivity contribution in [1.82, 2.24) is 9.97 Å². The van der Waals surface area contributed by atoms with Gasteiger partial charge in [-0.1, -0.05) is 17.7 Å². The molecule has 1 aromatic heterocycles. The molecule has 19 heavy (non-hydrogen) atoms. The van der Waals surface area contributed by atoms with E-state index in [1.165, 1.54) is 0 Å². The summed E-state index contributed by atoms with van der Waals surface area (Å²) in [5, 5.41) is 9.50. The zero-order valence-corrected chi connectivity index (χ0v) is 10.5. The molecule has 4 nitrogen and oxygen atoms in total. The molecule has 0 unspecified atom stereocenters. The van der Waals surface area contributed by atoms with Crippen LogP contribution in [0.2, 0.25) is 5.02 Å². The first kappa shape index (κ1) is 11.6. The fourth-order valence-electron chi connectivity index (χ4n) is 2.02. The Morgan fingerprint density at radius 2 is 1.84 bits per heavy atom. The lowest BCUT2D eigenvalue weighted by atomic mass is 10.0. The van der Waals surface area contributed by atoms with Gasteiger partial charge in [-0.15, -0.1) is 0 Å². The molecule has 0 fully saturated rings. The topological polar surface area (TPSA) is 72.4 Å². The molecule has 0 radical (unpaired) electrons. The largest absolute Gasteiger partial charge is 0.323 e. The molecule has 5 heteroatoms. The molecule has 0 aliphatic carbocycles. The molecule has 1 heterocycles. The van der Waals surface area contributed by atoms with Crippen LogP contribution < -0.4 is 5.69 Å². The minimum atomic E-state index is -0.246. The third-order valence-electron chi connectivity index (χ3n) is 2.92. The number of aromatic nitrogens is 2. The monoisotopic (exact) mass is 269 g/mol. The maximum atomic E-state index is 11.2. The van der Waals surface area contributed by atoms with Crippen molar-refractivity contribution in [1.29, 1.82) is 5.26 Å². The van der Waals surface area contributed by atoms with Crippen LogP contribution in [0.15, 0.2) is 41.2 Å². The molecule has 3 aromatic rings. The Labute approximate surface area is 113 Å². The van der Waals surface area contributed by atoms with Crippen LogP contribution in [0.1, 0.15) is 5.56 Å².